The van der Waals surface area contributed by atoms with Crippen LogP contribution >= 0.6 is 15.9 Å². The van der Waals surface area contributed by atoms with Crippen molar-refractivity contribution < 1.29 is 5.11 Å². The maximum Gasteiger partial charge on any atom is 0.0828 e. The fourth-order valence-electron chi connectivity index (χ4n) is 2.46. The zero-order chi connectivity index (χ0) is 10.4. The van der Waals surface area contributed by atoms with E-state index in [1.54, 1.807) is 0 Å². The summed E-state index contributed by atoms with van der Waals surface area (Å²) in [5.74, 6) is 0. The molecule has 80 valence electrons. The molecule has 1 aromatic rings. The van der Waals surface area contributed by atoms with E-state index >= 15 is 0 Å². The van der Waals surface area contributed by atoms with Gasteiger partial charge >= 0.3 is 0 Å². The minimum absolute atomic E-state index is 0.313. The lowest BCUT2D eigenvalue weighted by Gasteiger charge is -2.39. The second kappa shape index (κ2) is 3.39. The molecule has 2 N–H and O–H groups in total. The van der Waals surface area contributed by atoms with Crippen LogP contribution in [0.1, 0.15) is 18.1 Å². The van der Waals surface area contributed by atoms with Crippen LogP contribution in [0.3, 0.4) is 0 Å². The van der Waals surface area contributed by atoms with Gasteiger partial charge in [0.1, 0.15) is 0 Å². The lowest BCUT2D eigenvalue weighted by Crippen LogP contribution is -2.39. The molecular weight excluding hydrogens is 256 g/mol. The fourth-order valence-corrected chi connectivity index (χ4v) is 2.93. The van der Waals surface area contributed by atoms with E-state index in [1.165, 1.54) is 5.69 Å². The summed E-state index contributed by atoms with van der Waals surface area (Å²) >= 11 is 3.48. The van der Waals surface area contributed by atoms with E-state index in [1.807, 2.05) is 6.07 Å². The van der Waals surface area contributed by atoms with Gasteiger partial charge in [-0.15, -0.1) is 0 Å². The number of anilines is 2. The van der Waals surface area contributed by atoms with Crippen molar-refractivity contribution in [2.75, 3.05) is 29.9 Å². The Kier molecular flexibility index (Phi) is 2.14. The molecule has 2 aliphatic rings. The van der Waals surface area contributed by atoms with Gasteiger partial charge in [0, 0.05) is 29.7 Å². The summed E-state index contributed by atoms with van der Waals surface area (Å²) in [6, 6.07) is 4.12. The zero-order valence-corrected chi connectivity index (χ0v) is 9.92. The summed E-state index contributed by atoms with van der Waals surface area (Å²) in [4.78, 5) is 2.36. The smallest absolute Gasteiger partial charge is 0.0828 e. The lowest BCUT2D eigenvalue weighted by atomic mass is 9.96. The van der Waals surface area contributed by atoms with E-state index in [9.17, 15) is 5.11 Å². The van der Waals surface area contributed by atoms with Crippen LogP contribution < -0.4 is 10.2 Å². The van der Waals surface area contributed by atoms with Gasteiger partial charge in [-0.25, -0.2) is 0 Å². The third-order valence-corrected chi connectivity index (χ3v) is 3.61. The summed E-state index contributed by atoms with van der Waals surface area (Å²) in [6.07, 6.45) is 0.524. The molecule has 0 amide bonds. The SMILES string of the molecule is OC1CCN2CCNc3cc(Br)cc1c32. The van der Waals surface area contributed by atoms with Crippen molar-refractivity contribution in [1.82, 2.24) is 0 Å². The highest BCUT2D eigenvalue weighted by molar-refractivity contribution is 9.10. The summed E-state index contributed by atoms with van der Waals surface area (Å²) in [7, 11) is 0. The molecule has 3 nitrogen and oxygen atoms in total. The van der Waals surface area contributed by atoms with Gasteiger partial charge in [0.15, 0.2) is 0 Å². The first kappa shape index (κ1) is 9.48. The molecule has 1 unspecified atom stereocenters. The van der Waals surface area contributed by atoms with Gasteiger partial charge in [0.05, 0.1) is 17.5 Å². The quantitative estimate of drug-likeness (QED) is 0.757. The van der Waals surface area contributed by atoms with Crippen LogP contribution in [0.4, 0.5) is 11.4 Å². The largest absolute Gasteiger partial charge is 0.388 e. The van der Waals surface area contributed by atoms with Crippen LogP contribution in [0, 0.1) is 0 Å². The van der Waals surface area contributed by atoms with Crippen LogP contribution in [0.2, 0.25) is 0 Å². The number of benzene rings is 1. The molecule has 0 radical (unpaired) electrons. The fraction of sp³-hybridized carbons (Fsp3) is 0.455. The molecule has 0 saturated carbocycles. The molecule has 0 bridgehead atoms. The topological polar surface area (TPSA) is 35.5 Å². The van der Waals surface area contributed by atoms with Crippen LogP contribution in [0.15, 0.2) is 16.6 Å². The normalized spacial score (nSPS) is 23.3. The van der Waals surface area contributed by atoms with Gasteiger partial charge in [-0.2, -0.15) is 0 Å². The third kappa shape index (κ3) is 1.43. The second-order valence-corrected chi connectivity index (χ2v) is 5.03. The molecule has 0 aliphatic carbocycles. The molecule has 15 heavy (non-hydrogen) atoms. The number of rotatable bonds is 0. The number of hydrogen-bond acceptors (Lipinski definition) is 3. The molecule has 2 aliphatic heterocycles. The predicted molar refractivity (Wildman–Crippen MR) is 64.4 cm³/mol. The minimum atomic E-state index is -0.313. The Hall–Kier alpha value is -0.740. The van der Waals surface area contributed by atoms with E-state index < -0.39 is 0 Å². The van der Waals surface area contributed by atoms with Gasteiger partial charge in [-0.3, -0.25) is 0 Å². The van der Waals surface area contributed by atoms with Gasteiger partial charge in [-0.05, 0) is 18.6 Å². The van der Waals surface area contributed by atoms with E-state index in [2.05, 4.69) is 32.2 Å². The summed E-state index contributed by atoms with van der Waals surface area (Å²) in [6.45, 7) is 2.98. The molecule has 2 heterocycles. The Morgan fingerprint density at radius 3 is 3.13 bits per heavy atom. The highest BCUT2D eigenvalue weighted by Gasteiger charge is 2.28. The lowest BCUT2D eigenvalue weighted by molar-refractivity contribution is 0.164. The Morgan fingerprint density at radius 1 is 1.40 bits per heavy atom. The first-order valence-electron chi connectivity index (χ1n) is 5.26. The number of aliphatic hydroxyl groups is 1. The van der Waals surface area contributed by atoms with Gasteiger partial charge in [-0.1, -0.05) is 15.9 Å². The van der Waals surface area contributed by atoms with E-state index in [0.717, 1.165) is 41.8 Å². The van der Waals surface area contributed by atoms with Crippen molar-refractivity contribution in [3.8, 4) is 0 Å². The van der Waals surface area contributed by atoms with Crippen molar-refractivity contribution in [2.45, 2.75) is 12.5 Å². The summed E-state index contributed by atoms with van der Waals surface area (Å²) in [5, 5.41) is 13.4. The highest BCUT2D eigenvalue weighted by atomic mass is 79.9. The number of nitrogens with zero attached hydrogens (tertiary/aromatic N) is 1. The van der Waals surface area contributed by atoms with Gasteiger partial charge in [0.25, 0.3) is 0 Å². The van der Waals surface area contributed by atoms with Crippen molar-refractivity contribution in [3.63, 3.8) is 0 Å². The van der Waals surface area contributed by atoms with Crippen LogP contribution in [-0.4, -0.2) is 24.7 Å². The van der Waals surface area contributed by atoms with Crippen LogP contribution in [-0.2, 0) is 0 Å². The van der Waals surface area contributed by atoms with Crippen molar-refractivity contribution in [2.24, 2.45) is 0 Å². The second-order valence-electron chi connectivity index (χ2n) is 4.11. The van der Waals surface area contributed by atoms with E-state index in [4.69, 9.17) is 0 Å². The molecular formula is C11H13BrN2O. The minimum Gasteiger partial charge on any atom is -0.388 e. The molecule has 0 spiro atoms. The predicted octanol–water partition coefficient (Wildman–Crippen LogP) is 2.12. The Balaban J connectivity index is 2.21. The molecule has 0 saturated heterocycles. The summed E-state index contributed by atoms with van der Waals surface area (Å²) in [5.41, 5.74) is 3.39. The molecule has 0 aromatic heterocycles. The maximum atomic E-state index is 9.97. The Morgan fingerprint density at radius 2 is 2.27 bits per heavy atom. The van der Waals surface area contributed by atoms with Crippen molar-refractivity contribution in [3.05, 3.63) is 22.2 Å². The van der Waals surface area contributed by atoms with Gasteiger partial charge in [0.2, 0.25) is 0 Å². The number of hydrogen-bond donors (Lipinski definition) is 2. The first-order valence-corrected chi connectivity index (χ1v) is 6.05. The van der Waals surface area contributed by atoms with Crippen LogP contribution in [0.25, 0.3) is 0 Å². The highest BCUT2D eigenvalue weighted by Crippen LogP contribution is 2.42. The molecule has 0 fully saturated rings. The molecule has 3 rings (SSSR count). The van der Waals surface area contributed by atoms with E-state index in [-0.39, 0.29) is 6.10 Å². The van der Waals surface area contributed by atoms with Crippen LogP contribution in [0.5, 0.6) is 0 Å². The van der Waals surface area contributed by atoms with Gasteiger partial charge < -0.3 is 15.3 Å². The maximum absolute atomic E-state index is 9.97. The number of halogens is 1. The van der Waals surface area contributed by atoms with Crippen molar-refractivity contribution in [1.29, 1.82) is 0 Å². The molecule has 4 heteroatoms. The third-order valence-electron chi connectivity index (χ3n) is 3.15. The Labute approximate surface area is 97.2 Å². The monoisotopic (exact) mass is 268 g/mol. The standard InChI is InChI=1S/C11H13BrN2O/c12-7-5-8-10(15)1-3-14-4-2-13-9(6-7)11(8)14/h5-6,10,13,15H,1-4H2. The average molecular weight is 269 g/mol. The van der Waals surface area contributed by atoms with Crippen molar-refractivity contribution >= 4 is 27.3 Å². The summed E-state index contributed by atoms with van der Waals surface area (Å²) < 4.78 is 1.03. The number of aliphatic hydroxyl groups excluding tert-OH is 1. The Bertz CT molecular complexity index is 408. The number of nitrogens with one attached hydrogen (secondary N) is 1. The first-order chi connectivity index (χ1) is 7.25. The molecule has 1 aromatic carbocycles. The zero-order valence-electron chi connectivity index (χ0n) is 8.33. The molecule has 1 atom stereocenters. The van der Waals surface area contributed by atoms with E-state index in [0.29, 0.717) is 0 Å². The average Bonchev–Trinajstić information content (AvgIpc) is 2.23.